The standard InChI is InChI=1S/C17H12Cl2N4O/c18-13-6-4-5-12(9-13)10-20-22-15-11-21-23(17(24)16(15)19)14-7-2-1-3-8-14/h1-11,22H/b20-10-. The lowest BCUT2D eigenvalue weighted by Crippen LogP contribution is -2.22. The minimum Gasteiger partial charge on any atom is -0.275 e. The molecule has 5 nitrogen and oxygen atoms in total. The maximum Gasteiger partial charge on any atom is 0.292 e. The van der Waals surface area contributed by atoms with Crippen LogP contribution in [0.15, 0.2) is 70.7 Å². The molecule has 2 aromatic carbocycles. The van der Waals surface area contributed by atoms with Crippen molar-refractivity contribution in [2.75, 3.05) is 5.43 Å². The van der Waals surface area contributed by atoms with E-state index in [0.717, 1.165) is 5.56 Å². The zero-order chi connectivity index (χ0) is 16.9. The second-order valence-corrected chi connectivity index (χ2v) is 5.66. The van der Waals surface area contributed by atoms with E-state index in [1.165, 1.54) is 10.9 Å². The molecule has 0 amide bonds. The van der Waals surface area contributed by atoms with Gasteiger partial charge in [-0.05, 0) is 29.8 Å². The molecule has 0 saturated carbocycles. The summed E-state index contributed by atoms with van der Waals surface area (Å²) in [5, 5.41) is 8.79. The molecule has 0 unspecified atom stereocenters. The van der Waals surface area contributed by atoms with Crippen molar-refractivity contribution >= 4 is 35.1 Å². The highest BCUT2D eigenvalue weighted by molar-refractivity contribution is 6.33. The highest BCUT2D eigenvalue weighted by Gasteiger charge is 2.09. The largest absolute Gasteiger partial charge is 0.292 e. The van der Waals surface area contributed by atoms with Crippen LogP contribution in [0, 0.1) is 0 Å². The maximum atomic E-state index is 12.3. The summed E-state index contributed by atoms with van der Waals surface area (Å²) in [6.07, 6.45) is 3.02. The van der Waals surface area contributed by atoms with Crippen molar-refractivity contribution in [1.29, 1.82) is 0 Å². The number of hydrogen-bond acceptors (Lipinski definition) is 4. The van der Waals surface area contributed by atoms with E-state index in [1.54, 1.807) is 30.5 Å². The van der Waals surface area contributed by atoms with Crippen LogP contribution in [-0.2, 0) is 0 Å². The molecule has 1 N–H and O–H groups in total. The van der Waals surface area contributed by atoms with E-state index in [0.29, 0.717) is 16.4 Å². The predicted molar refractivity (Wildman–Crippen MR) is 97.5 cm³/mol. The first-order valence-electron chi connectivity index (χ1n) is 7.03. The molecule has 0 saturated heterocycles. The van der Waals surface area contributed by atoms with Crippen molar-refractivity contribution in [3.8, 4) is 5.69 Å². The SMILES string of the molecule is O=c1c(Cl)c(N/N=C\c2cccc(Cl)c2)cnn1-c1ccccc1. The van der Waals surface area contributed by atoms with Gasteiger partial charge in [0.2, 0.25) is 0 Å². The average Bonchev–Trinajstić information content (AvgIpc) is 2.60. The van der Waals surface area contributed by atoms with E-state index in [2.05, 4.69) is 15.6 Å². The Bertz CT molecular complexity index is 939. The number of hydrazone groups is 1. The fourth-order valence-electron chi connectivity index (χ4n) is 2.03. The number of benzene rings is 2. The zero-order valence-electron chi connectivity index (χ0n) is 12.4. The van der Waals surface area contributed by atoms with E-state index >= 15 is 0 Å². The van der Waals surface area contributed by atoms with E-state index in [1.807, 2.05) is 30.3 Å². The van der Waals surface area contributed by atoms with Gasteiger partial charge in [-0.2, -0.15) is 14.9 Å². The first-order chi connectivity index (χ1) is 11.6. The van der Waals surface area contributed by atoms with Crippen molar-refractivity contribution in [2.45, 2.75) is 0 Å². The second kappa shape index (κ2) is 7.29. The van der Waals surface area contributed by atoms with Gasteiger partial charge in [0.25, 0.3) is 5.56 Å². The Labute approximate surface area is 148 Å². The first kappa shape index (κ1) is 16.2. The molecule has 0 fully saturated rings. The van der Waals surface area contributed by atoms with Crippen LogP contribution >= 0.6 is 23.2 Å². The van der Waals surface area contributed by atoms with Gasteiger partial charge in [-0.25, -0.2) is 0 Å². The van der Waals surface area contributed by atoms with Crippen LogP contribution in [0.4, 0.5) is 5.69 Å². The zero-order valence-corrected chi connectivity index (χ0v) is 13.9. The smallest absolute Gasteiger partial charge is 0.275 e. The lowest BCUT2D eigenvalue weighted by atomic mass is 10.2. The molecule has 120 valence electrons. The Morgan fingerprint density at radius 2 is 1.88 bits per heavy atom. The highest BCUT2D eigenvalue weighted by atomic mass is 35.5. The number of nitrogens with one attached hydrogen (secondary N) is 1. The van der Waals surface area contributed by atoms with Crippen molar-refractivity contribution in [3.63, 3.8) is 0 Å². The molecule has 0 aliphatic rings. The summed E-state index contributed by atoms with van der Waals surface area (Å²) in [6.45, 7) is 0. The number of halogens is 2. The summed E-state index contributed by atoms with van der Waals surface area (Å²) in [7, 11) is 0. The van der Waals surface area contributed by atoms with E-state index in [-0.39, 0.29) is 5.02 Å². The molecule has 3 rings (SSSR count). The fourth-order valence-corrected chi connectivity index (χ4v) is 2.40. The van der Waals surface area contributed by atoms with Crippen LogP contribution in [0.2, 0.25) is 10.0 Å². The third-order valence-electron chi connectivity index (χ3n) is 3.17. The van der Waals surface area contributed by atoms with Crippen LogP contribution in [0.25, 0.3) is 5.69 Å². The Morgan fingerprint density at radius 1 is 1.08 bits per heavy atom. The van der Waals surface area contributed by atoms with Crippen LogP contribution < -0.4 is 11.0 Å². The van der Waals surface area contributed by atoms with Crippen molar-refractivity contribution < 1.29 is 0 Å². The monoisotopic (exact) mass is 358 g/mol. The maximum absolute atomic E-state index is 12.3. The van der Waals surface area contributed by atoms with Crippen LogP contribution in [0.3, 0.4) is 0 Å². The Hall–Kier alpha value is -2.63. The molecule has 3 aromatic rings. The van der Waals surface area contributed by atoms with Gasteiger partial charge in [-0.1, -0.05) is 53.5 Å². The summed E-state index contributed by atoms with van der Waals surface area (Å²) in [6, 6.07) is 16.2. The third kappa shape index (κ3) is 3.64. The number of rotatable bonds is 4. The van der Waals surface area contributed by atoms with E-state index in [4.69, 9.17) is 23.2 Å². The predicted octanol–water partition coefficient (Wildman–Crippen LogP) is 3.99. The molecule has 0 spiro atoms. The van der Waals surface area contributed by atoms with Gasteiger partial charge in [0.1, 0.15) is 10.7 Å². The van der Waals surface area contributed by atoms with Gasteiger partial charge >= 0.3 is 0 Å². The Balaban J connectivity index is 1.83. The van der Waals surface area contributed by atoms with E-state index < -0.39 is 5.56 Å². The molecule has 0 aliphatic heterocycles. The van der Waals surface area contributed by atoms with Gasteiger partial charge in [-0.15, -0.1) is 0 Å². The molecule has 0 aliphatic carbocycles. The number of para-hydroxylation sites is 1. The molecular formula is C17H12Cl2N4O. The molecular weight excluding hydrogens is 347 g/mol. The highest BCUT2D eigenvalue weighted by Crippen LogP contribution is 2.16. The van der Waals surface area contributed by atoms with Gasteiger partial charge < -0.3 is 0 Å². The molecule has 0 bridgehead atoms. The molecule has 1 aromatic heterocycles. The molecule has 0 atom stereocenters. The minimum atomic E-state index is -0.425. The molecule has 1 heterocycles. The third-order valence-corrected chi connectivity index (χ3v) is 3.77. The summed E-state index contributed by atoms with van der Waals surface area (Å²) in [4.78, 5) is 12.3. The number of anilines is 1. The Kier molecular flexibility index (Phi) is 4.93. The number of hydrogen-bond donors (Lipinski definition) is 1. The lowest BCUT2D eigenvalue weighted by molar-refractivity contribution is 0.808. The fraction of sp³-hybridized carbons (Fsp3) is 0. The van der Waals surface area contributed by atoms with Gasteiger partial charge in [-0.3, -0.25) is 10.2 Å². The number of aromatic nitrogens is 2. The van der Waals surface area contributed by atoms with Crippen LogP contribution in [0.1, 0.15) is 5.56 Å². The van der Waals surface area contributed by atoms with Crippen LogP contribution in [-0.4, -0.2) is 16.0 Å². The van der Waals surface area contributed by atoms with Crippen molar-refractivity contribution in [1.82, 2.24) is 9.78 Å². The molecule has 24 heavy (non-hydrogen) atoms. The van der Waals surface area contributed by atoms with E-state index in [9.17, 15) is 4.79 Å². The first-order valence-corrected chi connectivity index (χ1v) is 7.78. The minimum absolute atomic E-state index is 0.0112. The van der Waals surface area contributed by atoms with Crippen molar-refractivity contribution in [3.05, 3.63) is 86.8 Å². The molecule has 7 heteroatoms. The number of nitrogens with zero attached hydrogens (tertiary/aromatic N) is 3. The van der Waals surface area contributed by atoms with Crippen molar-refractivity contribution in [2.24, 2.45) is 5.10 Å². The second-order valence-electron chi connectivity index (χ2n) is 4.85. The van der Waals surface area contributed by atoms with Crippen LogP contribution in [0.5, 0.6) is 0 Å². The Morgan fingerprint density at radius 3 is 2.62 bits per heavy atom. The summed E-state index contributed by atoms with van der Waals surface area (Å²) in [5.74, 6) is 0. The van der Waals surface area contributed by atoms with Gasteiger partial charge in [0.15, 0.2) is 0 Å². The normalized spacial score (nSPS) is 10.9. The summed E-state index contributed by atoms with van der Waals surface area (Å²) < 4.78 is 1.23. The summed E-state index contributed by atoms with van der Waals surface area (Å²) in [5.41, 5.74) is 4.07. The topological polar surface area (TPSA) is 59.3 Å². The lowest BCUT2D eigenvalue weighted by Gasteiger charge is -2.07. The quantitative estimate of drug-likeness (QED) is 0.566. The average molecular weight is 359 g/mol. The van der Waals surface area contributed by atoms with Gasteiger partial charge in [0, 0.05) is 5.02 Å². The van der Waals surface area contributed by atoms with Gasteiger partial charge in [0.05, 0.1) is 18.1 Å². The summed E-state index contributed by atoms with van der Waals surface area (Å²) >= 11 is 12.0. The molecule has 0 radical (unpaired) electrons.